The molecule has 19 heavy (non-hydrogen) atoms. The molecule has 1 atom stereocenters. The van der Waals surface area contributed by atoms with E-state index in [1.807, 2.05) is 20.8 Å². The highest BCUT2D eigenvalue weighted by Crippen LogP contribution is 2.21. The Morgan fingerprint density at radius 1 is 1.42 bits per heavy atom. The average Bonchev–Trinajstić information content (AvgIpc) is 2.27. The van der Waals surface area contributed by atoms with Gasteiger partial charge in [0.05, 0.1) is 11.8 Å². The quantitative estimate of drug-likeness (QED) is 0.490. The summed E-state index contributed by atoms with van der Waals surface area (Å²) in [5.41, 5.74) is 6.00. The van der Waals surface area contributed by atoms with E-state index in [1.54, 1.807) is 0 Å². The lowest BCUT2D eigenvalue weighted by Crippen LogP contribution is -2.34. The number of nitrogens with two attached hydrogens (primary N) is 1. The van der Waals surface area contributed by atoms with Crippen LogP contribution in [0.1, 0.15) is 37.6 Å². The van der Waals surface area contributed by atoms with Gasteiger partial charge in [0.25, 0.3) is 5.91 Å². The Bertz CT molecular complexity index is 452. The van der Waals surface area contributed by atoms with Crippen molar-refractivity contribution >= 4 is 11.6 Å². The molecule has 0 aliphatic rings. The Morgan fingerprint density at radius 3 is 2.58 bits per heavy atom. The number of amides is 1. The van der Waals surface area contributed by atoms with Gasteiger partial charge in [0.2, 0.25) is 0 Å². The highest BCUT2D eigenvalue weighted by molar-refractivity contribution is 5.95. The molecule has 0 saturated carbocycles. The first-order chi connectivity index (χ1) is 8.69. The Kier molecular flexibility index (Phi) is 4.78. The molecule has 0 bridgehead atoms. The van der Waals surface area contributed by atoms with Crippen molar-refractivity contribution in [3.8, 4) is 5.75 Å². The molecular weight excluding hydrogens is 244 g/mol. The molecule has 0 heterocycles. The number of benzene rings is 1. The van der Waals surface area contributed by atoms with Gasteiger partial charge in [0, 0.05) is 12.1 Å². The third-order valence-corrected chi connectivity index (χ3v) is 2.64. The monoisotopic (exact) mass is 266 g/mol. The molecule has 0 aliphatic heterocycles. The predicted molar refractivity (Wildman–Crippen MR) is 74.9 cm³/mol. The van der Waals surface area contributed by atoms with Gasteiger partial charge in [0.1, 0.15) is 5.75 Å². The summed E-state index contributed by atoms with van der Waals surface area (Å²) in [5, 5.41) is 21.8. The minimum absolute atomic E-state index is 0.00358. The number of hydrogen-bond donors (Lipinski definition) is 4. The summed E-state index contributed by atoms with van der Waals surface area (Å²) in [6.45, 7) is 6.25. The summed E-state index contributed by atoms with van der Waals surface area (Å²) in [7, 11) is 0. The normalized spacial score (nSPS) is 13.1. The molecule has 0 saturated heterocycles. The van der Waals surface area contributed by atoms with Crippen molar-refractivity contribution in [2.45, 2.75) is 33.3 Å². The standard InChI is InChI=1S/C14H22N2O3/c1-14(2,3)7-10(17)8-16-13(19)9-4-5-11(15)12(18)6-9/h4-6,10,17-18H,7-8,15H2,1-3H3,(H,16,19). The molecule has 1 amide bonds. The number of phenolic OH excluding ortho intramolecular Hbond substituents is 1. The van der Waals surface area contributed by atoms with E-state index in [4.69, 9.17) is 5.73 Å². The maximum atomic E-state index is 11.8. The van der Waals surface area contributed by atoms with E-state index in [-0.39, 0.29) is 29.3 Å². The fourth-order valence-corrected chi connectivity index (χ4v) is 1.78. The molecule has 1 aromatic rings. The number of phenols is 1. The molecule has 1 unspecified atom stereocenters. The number of nitrogen functional groups attached to an aromatic ring is 1. The highest BCUT2D eigenvalue weighted by Gasteiger charge is 2.17. The fourth-order valence-electron chi connectivity index (χ4n) is 1.78. The lowest BCUT2D eigenvalue weighted by Gasteiger charge is -2.22. The Balaban J connectivity index is 2.53. The lowest BCUT2D eigenvalue weighted by atomic mass is 9.89. The average molecular weight is 266 g/mol. The third-order valence-electron chi connectivity index (χ3n) is 2.64. The van der Waals surface area contributed by atoms with Crippen LogP contribution in [0.5, 0.6) is 5.75 Å². The Hall–Kier alpha value is -1.75. The number of aliphatic hydroxyl groups is 1. The van der Waals surface area contributed by atoms with Gasteiger partial charge in [-0.25, -0.2) is 0 Å². The first-order valence-electron chi connectivity index (χ1n) is 6.24. The number of carbonyl (C=O) groups excluding carboxylic acids is 1. The minimum atomic E-state index is -0.591. The molecule has 0 aliphatic carbocycles. The van der Waals surface area contributed by atoms with Gasteiger partial charge >= 0.3 is 0 Å². The Labute approximate surface area is 113 Å². The van der Waals surface area contributed by atoms with Crippen molar-refractivity contribution in [3.63, 3.8) is 0 Å². The smallest absolute Gasteiger partial charge is 0.251 e. The van der Waals surface area contributed by atoms with E-state index in [9.17, 15) is 15.0 Å². The molecule has 5 heteroatoms. The molecular formula is C14H22N2O3. The van der Waals surface area contributed by atoms with E-state index >= 15 is 0 Å². The van der Waals surface area contributed by atoms with Gasteiger partial charge in [-0.3, -0.25) is 4.79 Å². The van der Waals surface area contributed by atoms with Crippen molar-refractivity contribution < 1.29 is 15.0 Å². The number of nitrogens with one attached hydrogen (secondary N) is 1. The summed E-state index contributed by atoms with van der Waals surface area (Å²) in [6.07, 6.45) is 0.00613. The van der Waals surface area contributed by atoms with Crippen LogP contribution in [0.2, 0.25) is 0 Å². The van der Waals surface area contributed by atoms with E-state index in [0.29, 0.717) is 12.0 Å². The molecule has 0 spiro atoms. The van der Waals surface area contributed by atoms with Crippen molar-refractivity contribution in [3.05, 3.63) is 23.8 Å². The zero-order valence-corrected chi connectivity index (χ0v) is 11.6. The molecule has 0 fully saturated rings. The second kappa shape index (κ2) is 5.93. The second-order valence-corrected chi connectivity index (χ2v) is 5.90. The molecule has 1 rings (SSSR count). The van der Waals surface area contributed by atoms with Crippen LogP contribution in [0.25, 0.3) is 0 Å². The van der Waals surface area contributed by atoms with Crippen LogP contribution in [0.4, 0.5) is 5.69 Å². The molecule has 106 valence electrons. The van der Waals surface area contributed by atoms with Gasteiger partial charge in [0.15, 0.2) is 0 Å². The maximum Gasteiger partial charge on any atom is 0.251 e. The lowest BCUT2D eigenvalue weighted by molar-refractivity contribution is 0.0868. The third kappa shape index (κ3) is 5.18. The Morgan fingerprint density at radius 2 is 2.05 bits per heavy atom. The predicted octanol–water partition coefficient (Wildman–Crippen LogP) is 1.50. The van der Waals surface area contributed by atoms with Crippen LogP contribution < -0.4 is 11.1 Å². The van der Waals surface area contributed by atoms with Crippen molar-refractivity contribution in [2.75, 3.05) is 12.3 Å². The van der Waals surface area contributed by atoms with Gasteiger partial charge < -0.3 is 21.3 Å². The van der Waals surface area contributed by atoms with Gasteiger partial charge in [-0.1, -0.05) is 20.8 Å². The highest BCUT2D eigenvalue weighted by atomic mass is 16.3. The summed E-state index contributed by atoms with van der Waals surface area (Å²) in [6, 6.07) is 4.30. The number of aliphatic hydroxyl groups excluding tert-OH is 1. The number of carbonyl (C=O) groups is 1. The van der Waals surface area contributed by atoms with Crippen molar-refractivity contribution in [1.29, 1.82) is 0 Å². The van der Waals surface area contributed by atoms with Crippen molar-refractivity contribution in [1.82, 2.24) is 5.32 Å². The topological polar surface area (TPSA) is 95.6 Å². The summed E-state index contributed by atoms with van der Waals surface area (Å²) in [4.78, 5) is 11.8. The number of hydrogen-bond acceptors (Lipinski definition) is 4. The second-order valence-electron chi connectivity index (χ2n) is 5.90. The first kappa shape index (κ1) is 15.3. The van der Waals surface area contributed by atoms with Crippen LogP contribution in [0.3, 0.4) is 0 Å². The molecule has 1 aromatic carbocycles. The van der Waals surface area contributed by atoms with Crippen LogP contribution in [-0.4, -0.2) is 28.8 Å². The van der Waals surface area contributed by atoms with Crippen molar-refractivity contribution in [2.24, 2.45) is 5.41 Å². The van der Waals surface area contributed by atoms with E-state index in [2.05, 4.69) is 5.32 Å². The van der Waals surface area contributed by atoms with Crippen LogP contribution >= 0.6 is 0 Å². The van der Waals surface area contributed by atoms with E-state index < -0.39 is 6.10 Å². The first-order valence-corrected chi connectivity index (χ1v) is 6.24. The van der Waals surface area contributed by atoms with E-state index in [0.717, 1.165) is 0 Å². The zero-order valence-electron chi connectivity index (χ0n) is 11.6. The van der Waals surface area contributed by atoms with E-state index in [1.165, 1.54) is 18.2 Å². The summed E-state index contributed by atoms with van der Waals surface area (Å²) < 4.78 is 0. The van der Waals surface area contributed by atoms with Crippen LogP contribution in [0, 0.1) is 5.41 Å². The number of rotatable bonds is 4. The summed E-state index contributed by atoms with van der Waals surface area (Å²) >= 11 is 0. The zero-order chi connectivity index (χ0) is 14.6. The van der Waals surface area contributed by atoms with Gasteiger partial charge in [-0.2, -0.15) is 0 Å². The molecule has 5 nitrogen and oxygen atoms in total. The SMILES string of the molecule is CC(C)(C)CC(O)CNC(=O)c1ccc(N)c(O)c1. The van der Waals surface area contributed by atoms with Gasteiger partial charge in [-0.05, 0) is 30.0 Å². The number of aromatic hydroxyl groups is 1. The minimum Gasteiger partial charge on any atom is -0.506 e. The number of anilines is 1. The van der Waals surface area contributed by atoms with Crippen LogP contribution in [-0.2, 0) is 0 Å². The van der Waals surface area contributed by atoms with Gasteiger partial charge in [-0.15, -0.1) is 0 Å². The molecule has 0 aromatic heterocycles. The molecule has 5 N–H and O–H groups in total. The fraction of sp³-hybridized carbons (Fsp3) is 0.500. The largest absolute Gasteiger partial charge is 0.506 e. The van der Waals surface area contributed by atoms with Crippen LogP contribution in [0.15, 0.2) is 18.2 Å². The summed E-state index contributed by atoms with van der Waals surface area (Å²) in [5.74, 6) is -0.467. The molecule has 0 radical (unpaired) electrons. The maximum absolute atomic E-state index is 11.8.